The van der Waals surface area contributed by atoms with E-state index in [9.17, 15) is 8.42 Å². The highest BCUT2D eigenvalue weighted by Crippen LogP contribution is 2.11. The molecule has 0 spiro atoms. The molecule has 0 aliphatic heterocycles. The van der Waals surface area contributed by atoms with Gasteiger partial charge in [-0.05, 0) is 26.3 Å². The number of sulfone groups is 1. The van der Waals surface area contributed by atoms with Gasteiger partial charge in [0.1, 0.15) is 17.9 Å². The second-order valence-corrected chi connectivity index (χ2v) is 6.72. The van der Waals surface area contributed by atoms with E-state index >= 15 is 0 Å². The van der Waals surface area contributed by atoms with Crippen molar-refractivity contribution in [3.8, 4) is 0 Å². The Balaban J connectivity index is 2.80. The average molecular weight is 260 g/mol. The molecule has 0 aliphatic rings. The van der Waals surface area contributed by atoms with Gasteiger partial charge in [-0.15, -0.1) is 0 Å². The fourth-order valence-corrected chi connectivity index (χ4v) is 3.29. The van der Waals surface area contributed by atoms with Gasteiger partial charge in [0.05, 0.1) is 5.75 Å². The van der Waals surface area contributed by atoms with Crippen LogP contribution in [0.25, 0.3) is 0 Å². The van der Waals surface area contributed by atoms with Gasteiger partial charge in [0.15, 0.2) is 9.84 Å². The summed E-state index contributed by atoms with van der Waals surface area (Å²) in [7, 11) is -3.18. The third-order valence-electron chi connectivity index (χ3n) is 2.43. The highest BCUT2D eigenvalue weighted by molar-refractivity contribution is 7.90. The molecule has 0 aliphatic carbocycles. The van der Waals surface area contributed by atoms with Crippen LogP contribution in [0.1, 0.15) is 32.6 Å². The molecule has 98 valence electrons. The molecule has 6 nitrogen and oxygen atoms in total. The minimum atomic E-state index is -3.18. The molecule has 0 saturated heterocycles. The SMILES string of the molecule is CC(CN)CS(=O)(=O)Cc1ncnn1C(C)C. The summed E-state index contributed by atoms with van der Waals surface area (Å²) in [5, 5.41) is 4.02. The summed E-state index contributed by atoms with van der Waals surface area (Å²) in [6.07, 6.45) is 1.39. The van der Waals surface area contributed by atoms with Gasteiger partial charge in [-0.1, -0.05) is 6.92 Å². The zero-order valence-electron chi connectivity index (χ0n) is 10.5. The van der Waals surface area contributed by atoms with Crippen LogP contribution in [0.2, 0.25) is 0 Å². The normalized spacial score (nSPS) is 14.2. The van der Waals surface area contributed by atoms with Crippen molar-refractivity contribution < 1.29 is 8.42 Å². The standard InChI is InChI=1S/C10H20N4O2S/c1-8(2)14-10(12-7-13-14)6-17(15,16)5-9(3)4-11/h7-9H,4-6,11H2,1-3H3. The molecule has 1 aromatic heterocycles. The Morgan fingerprint density at radius 1 is 1.41 bits per heavy atom. The molecule has 0 aromatic carbocycles. The zero-order valence-corrected chi connectivity index (χ0v) is 11.3. The molecule has 0 amide bonds. The van der Waals surface area contributed by atoms with Gasteiger partial charge < -0.3 is 5.73 Å². The van der Waals surface area contributed by atoms with Crippen molar-refractivity contribution >= 4 is 9.84 Å². The Labute approximate surface area is 102 Å². The van der Waals surface area contributed by atoms with E-state index in [2.05, 4.69) is 10.1 Å². The van der Waals surface area contributed by atoms with Crippen LogP contribution < -0.4 is 5.73 Å². The van der Waals surface area contributed by atoms with Crippen LogP contribution >= 0.6 is 0 Å². The van der Waals surface area contributed by atoms with Gasteiger partial charge >= 0.3 is 0 Å². The Hall–Kier alpha value is -0.950. The van der Waals surface area contributed by atoms with Crippen LogP contribution in [0.4, 0.5) is 0 Å². The quantitative estimate of drug-likeness (QED) is 0.798. The number of hydrogen-bond acceptors (Lipinski definition) is 5. The summed E-state index contributed by atoms with van der Waals surface area (Å²) in [4.78, 5) is 4.00. The van der Waals surface area contributed by atoms with Crippen molar-refractivity contribution in [1.29, 1.82) is 0 Å². The van der Waals surface area contributed by atoms with E-state index in [1.807, 2.05) is 20.8 Å². The van der Waals surface area contributed by atoms with Crippen molar-refractivity contribution in [3.05, 3.63) is 12.2 Å². The lowest BCUT2D eigenvalue weighted by molar-refractivity contribution is 0.509. The Morgan fingerprint density at radius 2 is 2.06 bits per heavy atom. The Bertz CT molecular complexity index is 453. The molecular formula is C10H20N4O2S. The summed E-state index contributed by atoms with van der Waals surface area (Å²) in [5.74, 6) is 0.476. The van der Waals surface area contributed by atoms with Crippen LogP contribution in [0.15, 0.2) is 6.33 Å². The third kappa shape index (κ3) is 4.08. The summed E-state index contributed by atoms with van der Waals surface area (Å²) in [5.41, 5.74) is 5.43. The molecule has 1 heterocycles. The number of nitrogens with zero attached hydrogens (tertiary/aromatic N) is 3. The van der Waals surface area contributed by atoms with E-state index in [-0.39, 0.29) is 23.5 Å². The maximum Gasteiger partial charge on any atom is 0.157 e. The first kappa shape index (κ1) is 14.1. The average Bonchev–Trinajstić information content (AvgIpc) is 2.64. The van der Waals surface area contributed by atoms with Crippen molar-refractivity contribution in [3.63, 3.8) is 0 Å². The van der Waals surface area contributed by atoms with Crippen molar-refractivity contribution in [2.45, 2.75) is 32.6 Å². The molecule has 0 radical (unpaired) electrons. The van der Waals surface area contributed by atoms with Crippen LogP contribution in [-0.4, -0.2) is 35.5 Å². The van der Waals surface area contributed by atoms with E-state index in [1.54, 1.807) is 4.68 Å². The highest BCUT2D eigenvalue weighted by Gasteiger charge is 2.19. The third-order valence-corrected chi connectivity index (χ3v) is 4.20. The molecule has 2 N–H and O–H groups in total. The molecule has 17 heavy (non-hydrogen) atoms. The van der Waals surface area contributed by atoms with Crippen molar-refractivity contribution in [2.75, 3.05) is 12.3 Å². The number of rotatable bonds is 6. The first-order valence-electron chi connectivity index (χ1n) is 5.64. The van der Waals surface area contributed by atoms with Gasteiger partial charge in [0.2, 0.25) is 0 Å². The van der Waals surface area contributed by atoms with E-state index in [0.717, 1.165) is 0 Å². The molecular weight excluding hydrogens is 240 g/mol. The Morgan fingerprint density at radius 3 is 2.59 bits per heavy atom. The fraction of sp³-hybridized carbons (Fsp3) is 0.800. The molecule has 1 unspecified atom stereocenters. The first-order chi connectivity index (χ1) is 7.85. The number of nitrogens with two attached hydrogens (primary N) is 1. The molecule has 1 atom stereocenters. The van der Waals surface area contributed by atoms with Crippen LogP contribution in [0.3, 0.4) is 0 Å². The monoisotopic (exact) mass is 260 g/mol. The summed E-state index contributed by atoms with van der Waals surface area (Å²) >= 11 is 0. The van der Waals surface area contributed by atoms with Gasteiger partial charge in [0, 0.05) is 6.04 Å². The van der Waals surface area contributed by atoms with Crippen LogP contribution in [0, 0.1) is 5.92 Å². The minimum Gasteiger partial charge on any atom is -0.330 e. The van der Waals surface area contributed by atoms with Crippen molar-refractivity contribution in [2.24, 2.45) is 11.7 Å². The van der Waals surface area contributed by atoms with Gasteiger partial charge in [0.25, 0.3) is 0 Å². The highest BCUT2D eigenvalue weighted by atomic mass is 32.2. The first-order valence-corrected chi connectivity index (χ1v) is 7.46. The number of hydrogen-bond donors (Lipinski definition) is 1. The van der Waals surface area contributed by atoms with E-state index in [1.165, 1.54) is 6.33 Å². The minimum absolute atomic E-state index is 0.0320. The lowest BCUT2D eigenvalue weighted by atomic mass is 10.2. The van der Waals surface area contributed by atoms with Gasteiger partial charge in [-0.3, -0.25) is 0 Å². The van der Waals surface area contributed by atoms with Crippen molar-refractivity contribution in [1.82, 2.24) is 14.8 Å². The molecule has 1 aromatic rings. The molecule has 1 rings (SSSR count). The van der Waals surface area contributed by atoms with Crippen LogP contribution in [0.5, 0.6) is 0 Å². The predicted molar refractivity (Wildman–Crippen MR) is 66.1 cm³/mol. The zero-order chi connectivity index (χ0) is 13.1. The fourth-order valence-electron chi connectivity index (χ4n) is 1.57. The smallest absolute Gasteiger partial charge is 0.157 e. The van der Waals surface area contributed by atoms with Crippen LogP contribution in [-0.2, 0) is 15.6 Å². The van der Waals surface area contributed by atoms with Gasteiger partial charge in [-0.2, -0.15) is 5.10 Å². The predicted octanol–water partition coefficient (Wildman–Crippen LogP) is 0.369. The summed E-state index contributed by atoms with van der Waals surface area (Å²) in [6.45, 7) is 6.07. The lowest BCUT2D eigenvalue weighted by Gasteiger charge is -2.11. The second-order valence-electron chi connectivity index (χ2n) is 4.61. The summed E-state index contributed by atoms with van der Waals surface area (Å²) < 4.78 is 25.4. The maximum absolute atomic E-state index is 11.9. The van der Waals surface area contributed by atoms with E-state index in [4.69, 9.17) is 5.73 Å². The Kier molecular flexibility index (Phi) is 4.64. The second kappa shape index (κ2) is 5.59. The molecule has 0 fully saturated rings. The molecule has 7 heteroatoms. The largest absolute Gasteiger partial charge is 0.330 e. The lowest BCUT2D eigenvalue weighted by Crippen LogP contribution is -2.23. The molecule has 0 bridgehead atoms. The topological polar surface area (TPSA) is 90.9 Å². The molecule has 0 saturated carbocycles. The number of aromatic nitrogens is 3. The summed E-state index contributed by atoms with van der Waals surface area (Å²) in [6, 6.07) is 0.106. The van der Waals surface area contributed by atoms with Gasteiger partial charge in [-0.25, -0.2) is 18.1 Å². The van der Waals surface area contributed by atoms with E-state index < -0.39 is 9.84 Å². The maximum atomic E-state index is 11.9. The van der Waals surface area contributed by atoms with E-state index in [0.29, 0.717) is 12.4 Å².